The van der Waals surface area contributed by atoms with Gasteiger partial charge in [0.05, 0.1) is 0 Å². The van der Waals surface area contributed by atoms with Crippen molar-refractivity contribution in [2.24, 2.45) is 11.8 Å². The molecule has 0 aromatic carbocycles. The lowest BCUT2D eigenvalue weighted by atomic mass is 9.69. The average molecular weight is 164 g/mol. The van der Waals surface area contributed by atoms with Crippen LogP contribution in [0.5, 0.6) is 0 Å². The minimum Gasteiger partial charge on any atom is -0.299 e. The molecule has 2 atom stereocenters. The highest BCUT2D eigenvalue weighted by molar-refractivity contribution is 5.84. The third-order valence-electron chi connectivity index (χ3n) is 3.55. The first kappa shape index (κ1) is 8.03. The molecule has 0 aliphatic heterocycles. The van der Waals surface area contributed by atoms with Crippen molar-refractivity contribution in [3.8, 4) is 0 Å². The Balaban J connectivity index is 2.32. The molecule has 0 aromatic rings. The lowest BCUT2D eigenvalue weighted by Crippen LogP contribution is -2.30. The van der Waals surface area contributed by atoms with Gasteiger partial charge >= 0.3 is 0 Å². The standard InChI is InChI=1S/C11H16O/c1-7-5-9-3-4-11(12)10(6-9)8(7)2/h9-10H,3-6H2,1-2H3/t9-,10-/m0/s1. The summed E-state index contributed by atoms with van der Waals surface area (Å²) >= 11 is 0. The van der Waals surface area contributed by atoms with Crippen LogP contribution in [0.4, 0.5) is 0 Å². The molecule has 1 heteroatoms. The summed E-state index contributed by atoms with van der Waals surface area (Å²) in [5.74, 6) is 1.61. The number of carbonyl (C=O) groups is 1. The normalized spacial score (nSPS) is 35.7. The maximum absolute atomic E-state index is 11.5. The molecule has 2 aliphatic carbocycles. The number of ketones is 1. The third kappa shape index (κ3) is 1.12. The van der Waals surface area contributed by atoms with E-state index in [4.69, 9.17) is 0 Å². The van der Waals surface area contributed by atoms with Crippen LogP contribution < -0.4 is 0 Å². The number of rotatable bonds is 0. The molecule has 12 heavy (non-hydrogen) atoms. The molecular weight excluding hydrogens is 148 g/mol. The highest BCUT2D eigenvalue weighted by Crippen LogP contribution is 2.40. The second-order valence-corrected chi connectivity index (χ2v) is 4.33. The van der Waals surface area contributed by atoms with Gasteiger partial charge < -0.3 is 0 Å². The summed E-state index contributed by atoms with van der Waals surface area (Å²) < 4.78 is 0. The fourth-order valence-electron chi connectivity index (χ4n) is 2.60. The van der Waals surface area contributed by atoms with Gasteiger partial charge in [0.25, 0.3) is 0 Å². The Hall–Kier alpha value is -0.590. The predicted molar refractivity (Wildman–Crippen MR) is 48.8 cm³/mol. The molecule has 0 amide bonds. The van der Waals surface area contributed by atoms with Crippen LogP contribution in [0.1, 0.15) is 39.5 Å². The van der Waals surface area contributed by atoms with Crippen LogP contribution in [-0.4, -0.2) is 5.78 Å². The second kappa shape index (κ2) is 2.72. The van der Waals surface area contributed by atoms with Gasteiger partial charge in [0.2, 0.25) is 0 Å². The number of hydrogen-bond donors (Lipinski definition) is 0. The molecule has 2 rings (SSSR count). The zero-order chi connectivity index (χ0) is 8.72. The molecule has 0 heterocycles. The largest absolute Gasteiger partial charge is 0.299 e. The highest BCUT2D eigenvalue weighted by atomic mass is 16.1. The van der Waals surface area contributed by atoms with Crippen LogP contribution in [0.15, 0.2) is 11.1 Å². The smallest absolute Gasteiger partial charge is 0.140 e. The van der Waals surface area contributed by atoms with Crippen molar-refractivity contribution in [1.29, 1.82) is 0 Å². The van der Waals surface area contributed by atoms with Crippen LogP contribution >= 0.6 is 0 Å². The Labute approximate surface area is 73.8 Å². The molecule has 0 radical (unpaired) electrons. The zero-order valence-electron chi connectivity index (χ0n) is 7.89. The Morgan fingerprint density at radius 3 is 2.83 bits per heavy atom. The first-order valence-corrected chi connectivity index (χ1v) is 4.87. The fraction of sp³-hybridized carbons (Fsp3) is 0.727. The van der Waals surface area contributed by atoms with Gasteiger partial charge in [-0.05, 0) is 39.0 Å². The Kier molecular flexibility index (Phi) is 1.82. The van der Waals surface area contributed by atoms with Crippen molar-refractivity contribution in [2.45, 2.75) is 39.5 Å². The Morgan fingerprint density at radius 1 is 1.33 bits per heavy atom. The SMILES string of the molecule is CC1=C(C)[C@@H]2C[C@@H](CCC2=O)C1. The first-order valence-electron chi connectivity index (χ1n) is 4.87. The van der Waals surface area contributed by atoms with E-state index in [1.54, 1.807) is 0 Å². The van der Waals surface area contributed by atoms with Crippen molar-refractivity contribution in [3.05, 3.63) is 11.1 Å². The summed E-state index contributed by atoms with van der Waals surface area (Å²) in [7, 11) is 0. The third-order valence-corrected chi connectivity index (χ3v) is 3.55. The fourth-order valence-corrected chi connectivity index (χ4v) is 2.60. The van der Waals surface area contributed by atoms with Gasteiger partial charge in [-0.3, -0.25) is 4.79 Å². The number of hydrogen-bond acceptors (Lipinski definition) is 1. The van der Waals surface area contributed by atoms with Crippen molar-refractivity contribution in [1.82, 2.24) is 0 Å². The van der Waals surface area contributed by atoms with Crippen molar-refractivity contribution < 1.29 is 4.79 Å². The second-order valence-electron chi connectivity index (χ2n) is 4.33. The number of fused-ring (bicyclic) bond motifs is 2. The predicted octanol–water partition coefficient (Wildman–Crippen LogP) is 2.71. The van der Waals surface area contributed by atoms with Crippen molar-refractivity contribution in [2.75, 3.05) is 0 Å². The van der Waals surface area contributed by atoms with Crippen LogP contribution in [0.2, 0.25) is 0 Å². The molecule has 1 fully saturated rings. The Bertz CT molecular complexity index is 250. The van der Waals surface area contributed by atoms with E-state index in [0.29, 0.717) is 11.7 Å². The summed E-state index contributed by atoms with van der Waals surface area (Å²) in [5, 5.41) is 0. The molecule has 0 N–H and O–H groups in total. The van der Waals surface area contributed by atoms with Gasteiger partial charge in [-0.1, -0.05) is 11.1 Å². The molecule has 0 unspecified atom stereocenters. The van der Waals surface area contributed by atoms with Gasteiger partial charge in [-0.2, -0.15) is 0 Å². The topological polar surface area (TPSA) is 17.1 Å². The van der Waals surface area contributed by atoms with Crippen molar-refractivity contribution in [3.63, 3.8) is 0 Å². The van der Waals surface area contributed by atoms with Crippen LogP contribution in [0.25, 0.3) is 0 Å². The van der Waals surface area contributed by atoms with Gasteiger partial charge in [0.15, 0.2) is 0 Å². The Morgan fingerprint density at radius 2 is 2.08 bits per heavy atom. The van der Waals surface area contributed by atoms with E-state index in [1.165, 1.54) is 17.6 Å². The summed E-state index contributed by atoms with van der Waals surface area (Å²) in [4.78, 5) is 11.5. The molecule has 2 aliphatic rings. The molecule has 0 aromatic heterocycles. The van der Waals surface area contributed by atoms with E-state index < -0.39 is 0 Å². The summed E-state index contributed by atoms with van der Waals surface area (Å²) in [5.41, 5.74) is 2.85. The minimum atomic E-state index is 0.303. The number of Topliss-reactive ketones (excluding diaryl/α,β-unsaturated/α-hetero) is 1. The number of carbonyl (C=O) groups excluding carboxylic acids is 1. The van der Waals surface area contributed by atoms with Gasteiger partial charge in [-0.15, -0.1) is 0 Å². The lowest BCUT2D eigenvalue weighted by molar-refractivity contribution is -0.124. The van der Waals surface area contributed by atoms with Crippen LogP contribution in [-0.2, 0) is 4.79 Å². The minimum absolute atomic E-state index is 0.303. The van der Waals surface area contributed by atoms with Crippen molar-refractivity contribution >= 4 is 5.78 Å². The molecule has 2 bridgehead atoms. The summed E-state index contributed by atoms with van der Waals surface area (Å²) in [6.07, 6.45) is 4.36. The van der Waals surface area contributed by atoms with Crippen LogP contribution in [0.3, 0.4) is 0 Å². The molecule has 66 valence electrons. The van der Waals surface area contributed by atoms with E-state index in [2.05, 4.69) is 13.8 Å². The molecular formula is C11H16O. The van der Waals surface area contributed by atoms with E-state index in [9.17, 15) is 4.79 Å². The maximum Gasteiger partial charge on any atom is 0.140 e. The van der Waals surface area contributed by atoms with Gasteiger partial charge in [0.1, 0.15) is 5.78 Å². The van der Waals surface area contributed by atoms with E-state index in [-0.39, 0.29) is 0 Å². The van der Waals surface area contributed by atoms with Crippen LogP contribution in [0, 0.1) is 11.8 Å². The van der Waals surface area contributed by atoms with Gasteiger partial charge in [0, 0.05) is 12.3 Å². The van der Waals surface area contributed by atoms with E-state index in [0.717, 1.165) is 25.2 Å². The monoisotopic (exact) mass is 164 g/mol. The average Bonchev–Trinajstić information content (AvgIpc) is 2.06. The molecule has 0 saturated heterocycles. The quantitative estimate of drug-likeness (QED) is 0.503. The molecule has 0 spiro atoms. The number of allylic oxidation sites excluding steroid dienone is 2. The molecule has 1 nitrogen and oxygen atoms in total. The highest BCUT2D eigenvalue weighted by Gasteiger charge is 2.33. The lowest BCUT2D eigenvalue weighted by Gasteiger charge is -2.34. The summed E-state index contributed by atoms with van der Waals surface area (Å²) in [6, 6.07) is 0. The summed E-state index contributed by atoms with van der Waals surface area (Å²) in [6.45, 7) is 4.33. The zero-order valence-corrected chi connectivity index (χ0v) is 7.89. The van der Waals surface area contributed by atoms with E-state index in [1.807, 2.05) is 0 Å². The first-order chi connectivity index (χ1) is 5.68. The van der Waals surface area contributed by atoms with Gasteiger partial charge in [-0.25, -0.2) is 0 Å². The maximum atomic E-state index is 11.5. The molecule has 1 saturated carbocycles. The van der Waals surface area contributed by atoms with E-state index >= 15 is 0 Å².